The Morgan fingerprint density at radius 1 is 1.19 bits per heavy atom. The van der Waals surface area contributed by atoms with Gasteiger partial charge < -0.3 is 5.32 Å². The number of nitrogens with one attached hydrogen (secondary N) is 1. The minimum absolute atomic E-state index is 0.152. The summed E-state index contributed by atoms with van der Waals surface area (Å²) in [5.41, 5.74) is 3.20. The molecule has 6 nitrogen and oxygen atoms in total. The summed E-state index contributed by atoms with van der Waals surface area (Å²) in [5, 5.41) is 14.4. The second-order valence-electron chi connectivity index (χ2n) is 5.82. The maximum Gasteiger partial charge on any atom is 0.237 e. The molecule has 0 aliphatic carbocycles. The molecule has 0 saturated carbocycles. The first kappa shape index (κ1) is 18.1. The fourth-order valence-corrected chi connectivity index (χ4v) is 3.18. The second kappa shape index (κ2) is 7.65. The minimum atomic E-state index is -0.510. The van der Waals surface area contributed by atoms with Gasteiger partial charge in [0.1, 0.15) is 5.82 Å². The number of thioether (sulfide) groups is 1. The van der Waals surface area contributed by atoms with E-state index in [1.54, 1.807) is 23.7 Å². The SMILES string of the molecule is Cc1cccc(-n2nnnc2S[C@@H](C)C(=O)Nc2ccccc2F)c1C. The Labute approximate surface area is 154 Å². The number of hydrogen-bond donors (Lipinski definition) is 1. The van der Waals surface area contributed by atoms with Crippen molar-refractivity contribution in [3.8, 4) is 5.69 Å². The topological polar surface area (TPSA) is 72.7 Å². The third-order valence-corrected chi connectivity index (χ3v) is 5.06. The number of para-hydroxylation sites is 1. The van der Waals surface area contributed by atoms with Crippen LogP contribution in [-0.4, -0.2) is 31.4 Å². The molecule has 0 bridgehead atoms. The van der Waals surface area contributed by atoms with Crippen LogP contribution in [0, 0.1) is 19.7 Å². The van der Waals surface area contributed by atoms with Crippen molar-refractivity contribution in [1.29, 1.82) is 0 Å². The monoisotopic (exact) mass is 371 g/mol. The van der Waals surface area contributed by atoms with Gasteiger partial charge >= 0.3 is 0 Å². The molecule has 0 unspecified atom stereocenters. The maximum absolute atomic E-state index is 13.7. The van der Waals surface area contributed by atoms with Gasteiger partial charge in [-0.2, -0.15) is 4.68 Å². The third kappa shape index (κ3) is 3.75. The number of aromatic nitrogens is 4. The lowest BCUT2D eigenvalue weighted by molar-refractivity contribution is -0.115. The van der Waals surface area contributed by atoms with Crippen LogP contribution in [0.15, 0.2) is 47.6 Å². The Morgan fingerprint density at radius 3 is 2.73 bits per heavy atom. The first-order valence-corrected chi connectivity index (χ1v) is 8.92. The quantitative estimate of drug-likeness (QED) is 0.695. The van der Waals surface area contributed by atoms with Crippen LogP contribution >= 0.6 is 11.8 Å². The molecular formula is C18H18FN5OS. The summed E-state index contributed by atoms with van der Waals surface area (Å²) < 4.78 is 15.3. The average Bonchev–Trinajstić information content (AvgIpc) is 3.07. The molecular weight excluding hydrogens is 353 g/mol. The standard InChI is InChI=1S/C18H18FN5OS/c1-11-7-6-10-16(12(11)2)24-18(21-22-23-24)26-13(3)17(25)20-15-9-5-4-8-14(15)19/h4-10,13H,1-3H3,(H,20,25)/t13-/m0/s1. The van der Waals surface area contributed by atoms with Gasteiger partial charge in [0.25, 0.3) is 0 Å². The van der Waals surface area contributed by atoms with Gasteiger partial charge in [0.15, 0.2) is 0 Å². The molecule has 0 spiro atoms. The molecule has 1 atom stereocenters. The van der Waals surface area contributed by atoms with Crippen molar-refractivity contribution >= 4 is 23.4 Å². The summed E-state index contributed by atoms with van der Waals surface area (Å²) >= 11 is 1.21. The molecule has 0 radical (unpaired) electrons. The zero-order chi connectivity index (χ0) is 18.7. The van der Waals surface area contributed by atoms with E-state index in [2.05, 4.69) is 20.8 Å². The van der Waals surface area contributed by atoms with Crippen LogP contribution in [0.2, 0.25) is 0 Å². The molecule has 2 aromatic carbocycles. The van der Waals surface area contributed by atoms with E-state index in [-0.39, 0.29) is 11.6 Å². The molecule has 134 valence electrons. The van der Waals surface area contributed by atoms with Gasteiger partial charge in [0.2, 0.25) is 11.1 Å². The van der Waals surface area contributed by atoms with Crippen LogP contribution in [0.3, 0.4) is 0 Å². The van der Waals surface area contributed by atoms with E-state index in [0.717, 1.165) is 16.8 Å². The van der Waals surface area contributed by atoms with E-state index >= 15 is 0 Å². The minimum Gasteiger partial charge on any atom is -0.323 e. The van der Waals surface area contributed by atoms with E-state index < -0.39 is 11.1 Å². The Morgan fingerprint density at radius 2 is 1.96 bits per heavy atom. The van der Waals surface area contributed by atoms with Gasteiger partial charge in [-0.05, 0) is 60.5 Å². The molecule has 0 aliphatic rings. The van der Waals surface area contributed by atoms with E-state index in [0.29, 0.717) is 5.16 Å². The zero-order valence-electron chi connectivity index (χ0n) is 14.6. The first-order chi connectivity index (χ1) is 12.5. The van der Waals surface area contributed by atoms with Crippen molar-refractivity contribution < 1.29 is 9.18 Å². The van der Waals surface area contributed by atoms with Crippen molar-refractivity contribution in [2.24, 2.45) is 0 Å². The van der Waals surface area contributed by atoms with Crippen LogP contribution in [0.25, 0.3) is 5.69 Å². The van der Waals surface area contributed by atoms with Crippen LogP contribution in [-0.2, 0) is 4.79 Å². The van der Waals surface area contributed by atoms with E-state index in [9.17, 15) is 9.18 Å². The first-order valence-electron chi connectivity index (χ1n) is 8.04. The Kier molecular flexibility index (Phi) is 5.32. The Hall–Kier alpha value is -2.74. The summed E-state index contributed by atoms with van der Waals surface area (Å²) in [5.74, 6) is -0.797. The molecule has 1 heterocycles. The fraction of sp³-hybridized carbons (Fsp3) is 0.222. The van der Waals surface area contributed by atoms with Crippen LogP contribution < -0.4 is 5.32 Å². The van der Waals surface area contributed by atoms with Crippen molar-refractivity contribution in [3.63, 3.8) is 0 Å². The lowest BCUT2D eigenvalue weighted by Crippen LogP contribution is -2.23. The lowest BCUT2D eigenvalue weighted by Gasteiger charge is -2.13. The van der Waals surface area contributed by atoms with Gasteiger partial charge in [0, 0.05) is 0 Å². The average molecular weight is 371 g/mol. The molecule has 8 heteroatoms. The number of hydrogen-bond acceptors (Lipinski definition) is 5. The number of carbonyl (C=O) groups excluding carboxylic acids is 1. The van der Waals surface area contributed by atoms with Gasteiger partial charge in [0.05, 0.1) is 16.6 Å². The normalized spacial score (nSPS) is 12.0. The lowest BCUT2D eigenvalue weighted by atomic mass is 10.1. The van der Waals surface area contributed by atoms with Crippen molar-refractivity contribution in [3.05, 3.63) is 59.4 Å². The summed E-state index contributed by atoms with van der Waals surface area (Å²) in [6, 6.07) is 11.9. The highest BCUT2D eigenvalue weighted by Crippen LogP contribution is 2.26. The highest BCUT2D eigenvalue weighted by molar-refractivity contribution is 8.00. The van der Waals surface area contributed by atoms with Crippen molar-refractivity contribution in [2.45, 2.75) is 31.2 Å². The summed E-state index contributed by atoms with van der Waals surface area (Å²) in [7, 11) is 0. The van der Waals surface area contributed by atoms with E-state index in [1.807, 2.05) is 32.0 Å². The molecule has 0 saturated heterocycles. The summed E-state index contributed by atoms with van der Waals surface area (Å²) in [4.78, 5) is 12.4. The number of halogens is 1. The van der Waals surface area contributed by atoms with Crippen LogP contribution in [0.4, 0.5) is 10.1 Å². The number of carbonyl (C=O) groups is 1. The molecule has 0 aliphatic heterocycles. The number of tetrazole rings is 1. The second-order valence-corrected chi connectivity index (χ2v) is 7.13. The number of nitrogens with zero attached hydrogens (tertiary/aromatic N) is 4. The van der Waals surface area contributed by atoms with Gasteiger partial charge in [-0.25, -0.2) is 4.39 Å². The fourth-order valence-electron chi connectivity index (χ4n) is 2.38. The van der Waals surface area contributed by atoms with E-state index in [1.165, 1.54) is 23.9 Å². The maximum atomic E-state index is 13.7. The number of anilines is 1. The third-order valence-electron chi connectivity index (χ3n) is 4.03. The molecule has 3 aromatic rings. The van der Waals surface area contributed by atoms with Gasteiger partial charge in [-0.3, -0.25) is 4.79 Å². The van der Waals surface area contributed by atoms with Gasteiger partial charge in [-0.1, -0.05) is 36.0 Å². The molecule has 1 amide bonds. The predicted octanol–water partition coefficient (Wildman–Crippen LogP) is 3.54. The molecule has 3 rings (SSSR count). The Balaban J connectivity index is 1.78. The van der Waals surface area contributed by atoms with Crippen LogP contribution in [0.1, 0.15) is 18.1 Å². The van der Waals surface area contributed by atoms with E-state index in [4.69, 9.17) is 0 Å². The highest BCUT2D eigenvalue weighted by Gasteiger charge is 2.21. The number of benzene rings is 2. The van der Waals surface area contributed by atoms with Crippen LogP contribution in [0.5, 0.6) is 0 Å². The summed E-state index contributed by atoms with van der Waals surface area (Å²) in [6.07, 6.45) is 0. The number of amides is 1. The largest absolute Gasteiger partial charge is 0.323 e. The molecule has 1 aromatic heterocycles. The molecule has 1 N–H and O–H groups in total. The smallest absolute Gasteiger partial charge is 0.237 e. The van der Waals surface area contributed by atoms with Crippen molar-refractivity contribution in [1.82, 2.24) is 20.2 Å². The zero-order valence-corrected chi connectivity index (χ0v) is 15.4. The predicted molar refractivity (Wildman–Crippen MR) is 99.0 cm³/mol. The number of rotatable bonds is 5. The molecule has 0 fully saturated rings. The van der Waals surface area contributed by atoms with Gasteiger partial charge in [-0.15, -0.1) is 5.10 Å². The Bertz CT molecular complexity index is 943. The highest BCUT2D eigenvalue weighted by atomic mass is 32.2. The number of aryl methyl sites for hydroxylation is 1. The van der Waals surface area contributed by atoms with Crippen molar-refractivity contribution in [2.75, 3.05) is 5.32 Å². The molecule has 26 heavy (non-hydrogen) atoms. The summed E-state index contributed by atoms with van der Waals surface area (Å²) in [6.45, 7) is 5.73.